The summed E-state index contributed by atoms with van der Waals surface area (Å²) < 4.78 is 5.91. The number of nitrogens with one attached hydrogen (secondary N) is 1. The van der Waals surface area contributed by atoms with Gasteiger partial charge in [0.1, 0.15) is 5.52 Å². The first kappa shape index (κ1) is 23.6. The number of likely N-dealkylation sites (N-methyl/N-ethyl adjacent to an activating group) is 1. The smallest absolute Gasteiger partial charge is 0.404 e. The molecule has 4 rings (SSSR count). The fourth-order valence-corrected chi connectivity index (χ4v) is 4.29. The zero-order valence-corrected chi connectivity index (χ0v) is 19.2. The molecule has 1 saturated heterocycles. The van der Waals surface area contributed by atoms with Crippen LogP contribution in [0.1, 0.15) is 35.7 Å². The van der Waals surface area contributed by atoms with Gasteiger partial charge in [-0.3, -0.25) is 4.79 Å². The van der Waals surface area contributed by atoms with Gasteiger partial charge in [-0.15, -0.1) is 0 Å². The molecule has 0 spiro atoms. The second kappa shape index (κ2) is 10.6. The lowest BCUT2D eigenvalue weighted by Crippen LogP contribution is -2.50. The van der Waals surface area contributed by atoms with Crippen LogP contribution in [0.15, 0.2) is 52.9 Å². The molecule has 1 aliphatic rings. The molecule has 0 unspecified atom stereocenters. The van der Waals surface area contributed by atoms with Crippen LogP contribution in [-0.4, -0.2) is 70.4 Å². The van der Waals surface area contributed by atoms with Gasteiger partial charge in [0.15, 0.2) is 5.58 Å². The van der Waals surface area contributed by atoms with Crippen LogP contribution in [0.5, 0.6) is 0 Å². The summed E-state index contributed by atoms with van der Waals surface area (Å²) in [7, 11) is 0. The minimum Gasteiger partial charge on any atom is -0.465 e. The number of oxazole rings is 1. The molecular weight excluding hydrogens is 436 g/mol. The number of amides is 2. The minimum atomic E-state index is -1.22. The Labute approximate surface area is 198 Å². The van der Waals surface area contributed by atoms with E-state index >= 15 is 0 Å². The first-order chi connectivity index (χ1) is 16.4. The van der Waals surface area contributed by atoms with E-state index in [1.807, 2.05) is 37.3 Å². The second-order valence-corrected chi connectivity index (χ2v) is 8.53. The second-order valence-electron chi connectivity index (χ2n) is 8.53. The number of hydrogen-bond donors (Lipinski definition) is 3. The van der Waals surface area contributed by atoms with Gasteiger partial charge in [0.05, 0.1) is 12.1 Å². The van der Waals surface area contributed by atoms with E-state index in [1.165, 1.54) is 4.90 Å². The van der Waals surface area contributed by atoms with Gasteiger partial charge in [-0.1, -0.05) is 30.3 Å². The molecule has 0 aliphatic carbocycles. The Bertz CT molecular complexity index is 1130. The van der Waals surface area contributed by atoms with Crippen LogP contribution in [0.2, 0.25) is 0 Å². The number of fused-ring (bicyclic) bond motifs is 1. The normalized spacial score (nSPS) is 15.3. The number of benzene rings is 2. The Hall–Kier alpha value is -3.59. The lowest BCUT2D eigenvalue weighted by atomic mass is 10.0. The monoisotopic (exact) mass is 466 g/mol. The van der Waals surface area contributed by atoms with Crippen molar-refractivity contribution in [3.63, 3.8) is 0 Å². The van der Waals surface area contributed by atoms with Gasteiger partial charge in [0.25, 0.3) is 11.9 Å². The zero-order valence-electron chi connectivity index (χ0n) is 19.2. The molecule has 34 heavy (non-hydrogen) atoms. The van der Waals surface area contributed by atoms with E-state index in [4.69, 9.17) is 4.42 Å². The molecular formula is C25H30N4O5. The summed E-state index contributed by atoms with van der Waals surface area (Å²) in [5, 5.41) is 22.5. The first-order valence-electron chi connectivity index (χ1n) is 11.6. The van der Waals surface area contributed by atoms with Crippen LogP contribution >= 0.6 is 0 Å². The van der Waals surface area contributed by atoms with Crippen molar-refractivity contribution in [2.45, 2.75) is 38.3 Å². The summed E-state index contributed by atoms with van der Waals surface area (Å²) in [5.74, 6) is -0.267. The third-order valence-corrected chi connectivity index (χ3v) is 6.15. The number of aromatic nitrogens is 1. The Morgan fingerprint density at radius 3 is 2.59 bits per heavy atom. The summed E-state index contributed by atoms with van der Waals surface area (Å²) >= 11 is 0. The number of nitrogens with zero attached hydrogens (tertiary/aromatic N) is 3. The summed E-state index contributed by atoms with van der Waals surface area (Å²) in [5.41, 5.74) is 2.55. The molecule has 3 aromatic rings. The molecule has 1 aliphatic heterocycles. The van der Waals surface area contributed by atoms with Crippen LogP contribution in [0.25, 0.3) is 11.1 Å². The largest absolute Gasteiger partial charge is 0.465 e. The highest BCUT2D eigenvalue weighted by atomic mass is 16.4. The first-order valence-corrected chi connectivity index (χ1v) is 11.6. The van der Waals surface area contributed by atoms with Gasteiger partial charge < -0.3 is 29.7 Å². The van der Waals surface area contributed by atoms with Crippen molar-refractivity contribution in [1.29, 1.82) is 0 Å². The molecule has 0 radical (unpaired) electrons. The van der Waals surface area contributed by atoms with Crippen molar-refractivity contribution in [2.24, 2.45) is 0 Å². The number of rotatable bonds is 9. The third-order valence-electron chi connectivity index (χ3n) is 6.15. The van der Waals surface area contributed by atoms with E-state index in [2.05, 4.69) is 15.2 Å². The van der Waals surface area contributed by atoms with Gasteiger partial charge in [0.2, 0.25) is 0 Å². The Morgan fingerprint density at radius 2 is 1.91 bits per heavy atom. The lowest BCUT2D eigenvalue weighted by Gasteiger charge is -2.29. The quantitative estimate of drug-likeness (QED) is 0.443. The number of anilines is 1. The molecule has 1 aromatic heterocycles. The minimum absolute atomic E-state index is 0.0133. The Morgan fingerprint density at radius 1 is 1.18 bits per heavy atom. The van der Waals surface area contributed by atoms with Crippen molar-refractivity contribution in [3.8, 4) is 0 Å². The maximum atomic E-state index is 13.2. The fraction of sp³-hybridized carbons (Fsp3) is 0.400. The fourth-order valence-electron chi connectivity index (χ4n) is 4.29. The van der Waals surface area contributed by atoms with Gasteiger partial charge in [-0.2, -0.15) is 4.98 Å². The zero-order chi connectivity index (χ0) is 24.1. The summed E-state index contributed by atoms with van der Waals surface area (Å²) in [4.78, 5) is 32.7. The number of aliphatic hydroxyl groups is 1. The molecule has 0 bridgehead atoms. The van der Waals surface area contributed by atoms with E-state index in [9.17, 15) is 19.8 Å². The SMILES string of the molecule is CCN(C[C@@H](O)[C@H](Cc1ccccc1)NC(=O)O)C(=O)c1ccc2nc(N3CCCC3)oc2c1. The van der Waals surface area contributed by atoms with E-state index in [-0.39, 0.29) is 12.5 Å². The van der Waals surface area contributed by atoms with Gasteiger partial charge in [0, 0.05) is 31.7 Å². The number of carbonyl (C=O) groups excluding carboxylic acids is 1. The van der Waals surface area contributed by atoms with Crippen LogP contribution < -0.4 is 10.2 Å². The predicted octanol–water partition coefficient (Wildman–Crippen LogP) is 3.13. The molecule has 2 atom stereocenters. The molecule has 9 heteroatoms. The molecule has 0 saturated carbocycles. The topological polar surface area (TPSA) is 119 Å². The van der Waals surface area contributed by atoms with Crippen LogP contribution in [0, 0.1) is 0 Å². The highest BCUT2D eigenvalue weighted by molar-refractivity contribution is 5.97. The predicted molar refractivity (Wildman–Crippen MR) is 128 cm³/mol. The number of aliphatic hydroxyl groups excluding tert-OH is 1. The van der Waals surface area contributed by atoms with E-state index in [0.717, 1.165) is 31.5 Å². The Kier molecular flexibility index (Phi) is 7.32. The summed E-state index contributed by atoms with van der Waals surface area (Å²) in [6.45, 7) is 3.98. The summed E-state index contributed by atoms with van der Waals surface area (Å²) in [6.07, 6.45) is 0.217. The molecule has 2 aromatic carbocycles. The molecule has 1 fully saturated rings. The van der Waals surface area contributed by atoms with Crippen molar-refractivity contribution in [3.05, 3.63) is 59.7 Å². The van der Waals surface area contributed by atoms with Crippen molar-refractivity contribution < 1.29 is 24.2 Å². The van der Waals surface area contributed by atoms with Crippen LogP contribution in [0.3, 0.4) is 0 Å². The Balaban J connectivity index is 1.48. The number of carboxylic acid groups (broad SMARTS) is 1. The maximum absolute atomic E-state index is 13.2. The van der Waals surface area contributed by atoms with Gasteiger partial charge in [-0.05, 0) is 49.9 Å². The van der Waals surface area contributed by atoms with Gasteiger partial charge in [-0.25, -0.2) is 4.79 Å². The third kappa shape index (κ3) is 5.48. The van der Waals surface area contributed by atoms with Crippen molar-refractivity contribution >= 4 is 29.1 Å². The summed E-state index contributed by atoms with van der Waals surface area (Å²) in [6, 6.07) is 14.3. The number of hydrogen-bond acceptors (Lipinski definition) is 6. The van der Waals surface area contributed by atoms with Crippen molar-refractivity contribution in [2.75, 3.05) is 31.1 Å². The average Bonchev–Trinajstić information content (AvgIpc) is 3.51. The molecule has 180 valence electrons. The molecule has 2 heterocycles. The van der Waals surface area contributed by atoms with E-state index < -0.39 is 18.2 Å². The molecule has 3 N–H and O–H groups in total. The molecule has 2 amide bonds. The highest BCUT2D eigenvalue weighted by Crippen LogP contribution is 2.26. The van der Waals surface area contributed by atoms with Crippen LogP contribution in [0.4, 0.5) is 10.8 Å². The lowest BCUT2D eigenvalue weighted by molar-refractivity contribution is 0.0551. The molecule has 9 nitrogen and oxygen atoms in total. The van der Waals surface area contributed by atoms with E-state index in [1.54, 1.807) is 18.2 Å². The number of carbonyl (C=O) groups is 2. The van der Waals surface area contributed by atoms with Gasteiger partial charge >= 0.3 is 6.09 Å². The van der Waals surface area contributed by atoms with Crippen molar-refractivity contribution in [1.82, 2.24) is 15.2 Å². The van der Waals surface area contributed by atoms with E-state index in [0.29, 0.717) is 35.6 Å². The van der Waals surface area contributed by atoms with Crippen LogP contribution in [-0.2, 0) is 6.42 Å². The highest BCUT2D eigenvalue weighted by Gasteiger charge is 2.26. The average molecular weight is 467 g/mol. The maximum Gasteiger partial charge on any atom is 0.404 e. The standard InChI is InChI=1S/C25H30N4O5/c1-2-28(16-21(30)20(27-25(32)33)14-17-8-4-3-5-9-17)23(31)18-10-11-19-22(15-18)34-24(26-19)29-12-6-7-13-29/h3-5,8-11,15,20-21,27,30H,2,6-7,12-14,16H2,1H3,(H,32,33)/t20-,21+/m0/s1.